The van der Waals surface area contributed by atoms with Crippen LogP contribution in [0.15, 0.2) is 24.4 Å². The second-order valence-corrected chi connectivity index (χ2v) is 14.2. The Kier molecular flexibility index (Phi) is 7.11. The van der Waals surface area contributed by atoms with Gasteiger partial charge in [0.2, 0.25) is 0 Å². The first-order chi connectivity index (χ1) is 21.2. The van der Waals surface area contributed by atoms with E-state index in [0.717, 1.165) is 36.3 Å². The molecule has 5 saturated heterocycles. The van der Waals surface area contributed by atoms with Crippen LogP contribution in [0, 0.1) is 29.6 Å². The number of ether oxygens (including phenoxy) is 1. The Morgan fingerprint density at radius 3 is 2.55 bits per heavy atom. The third-order valence-electron chi connectivity index (χ3n) is 11.8. The molecule has 15 atom stereocenters. The molecule has 6 fully saturated rings. The van der Waals surface area contributed by atoms with Gasteiger partial charge in [-0.05, 0) is 54.7 Å². The molecule has 1 aliphatic carbocycles. The predicted octanol–water partition coefficient (Wildman–Crippen LogP) is -1.60. The summed E-state index contributed by atoms with van der Waals surface area (Å²) in [4.78, 5) is 19.0. The molecule has 1 saturated carbocycles. The van der Waals surface area contributed by atoms with Crippen molar-refractivity contribution < 1.29 is 30.0 Å². The van der Waals surface area contributed by atoms with E-state index in [2.05, 4.69) is 32.8 Å². The second kappa shape index (κ2) is 10.8. The van der Waals surface area contributed by atoms with E-state index in [4.69, 9.17) is 4.74 Å². The van der Waals surface area contributed by atoms with E-state index in [1.165, 1.54) is 6.20 Å². The molecule has 6 heterocycles. The number of fused-ring (bicyclic) bond motifs is 8. The molecule has 11 nitrogen and oxygen atoms in total. The van der Waals surface area contributed by atoms with Crippen molar-refractivity contribution in [2.75, 3.05) is 6.54 Å². The summed E-state index contributed by atoms with van der Waals surface area (Å²) in [6.45, 7) is 6.84. The molecule has 5 aliphatic heterocycles. The van der Waals surface area contributed by atoms with Gasteiger partial charge in [0.25, 0.3) is 0 Å². The number of carbonyl (C=O) groups excluding carboxylic acids is 1. The van der Waals surface area contributed by atoms with Gasteiger partial charge in [0.1, 0.15) is 36.2 Å². The van der Waals surface area contributed by atoms with Crippen molar-refractivity contribution in [1.82, 2.24) is 26.3 Å². The number of piperidine rings is 4. The van der Waals surface area contributed by atoms with Crippen molar-refractivity contribution in [3.8, 4) is 5.75 Å². The highest BCUT2D eigenvalue weighted by atomic mass is 16.5. The van der Waals surface area contributed by atoms with E-state index < -0.39 is 36.5 Å². The lowest BCUT2D eigenvalue weighted by Crippen LogP contribution is -2.79. The molecule has 236 valence electrons. The Hall–Kier alpha value is -2.48. The van der Waals surface area contributed by atoms with Gasteiger partial charge < -0.3 is 35.8 Å². The van der Waals surface area contributed by atoms with Crippen molar-refractivity contribution in [3.63, 3.8) is 0 Å². The maximum absolute atomic E-state index is 14.6. The van der Waals surface area contributed by atoms with Crippen LogP contribution in [0.2, 0.25) is 0 Å². The maximum Gasteiger partial charge on any atom is 0.146 e. The van der Waals surface area contributed by atoms with Gasteiger partial charge in [0.05, 0.1) is 29.7 Å². The van der Waals surface area contributed by atoms with Gasteiger partial charge in [-0.15, -0.1) is 0 Å². The zero-order valence-electron chi connectivity index (χ0n) is 24.8. The number of aliphatic hydroxyl groups is 3. The summed E-state index contributed by atoms with van der Waals surface area (Å²) in [5.74, 6) is -0.391. The Morgan fingerprint density at radius 1 is 0.977 bits per heavy atom. The van der Waals surface area contributed by atoms with Crippen LogP contribution < -0.4 is 31.7 Å². The van der Waals surface area contributed by atoms with E-state index >= 15 is 0 Å². The largest absolute Gasteiger partial charge is 0.506 e. The van der Waals surface area contributed by atoms with E-state index in [1.807, 2.05) is 25.1 Å². The van der Waals surface area contributed by atoms with Crippen LogP contribution in [0.4, 0.5) is 0 Å². The third-order valence-corrected chi connectivity index (χ3v) is 11.8. The molecule has 1 aromatic carbocycles. The van der Waals surface area contributed by atoms with Gasteiger partial charge in [-0.1, -0.05) is 31.7 Å². The van der Waals surface area contributed by atoms with E-state index in [-0.39, 0.29) is 53.8 Å². The fraction of sp³-hybridized carbons (Fsp3) is 0.636. The van der Waals surface area contributed by atoms with E-state index in [9.17, 15) is 25.2 Å². The number of nitrogens with one attached hydrogen (secondary N) is 4. The Labute approximate surface area is 255 Å². The van der Waals surface area contributed by atoms with Gasteiger partial charge in [-0.25, -0.2) is 0 Å². The van der Waals surface area contributed by atoms with Gasteiger partial charge in [0, 0.05) is 47.4 Å². The molecule has 0 spiro atoms. The van der Waals surface area contributed by atoms with Gasteiger partial charge in [-0.3, -0.25) is 20.4 Å². The minimum absolute atomic E-state index is 0.0316. The molecule has 6 aliphatic rings. The standard InChI is InChI=1S/C33H43N5O6/c1-13-15(3-4-16-7-19(39)11-34-25(13)16)9-21-14(2)23-29(41)24-28-22(37-33(43)31(24)44-30(23)32(42)36-21)10-18-6-5-17-8-20(40)12-35-26(17)27(18)38-28/h3-4,7,9,11,14,17-18,20-24,26-28,30-33,35-40,42-43H,1,5-6,8,10,12H2,2H3/b15-9-. The number of pyridine rings is 1. The lowest BCUT2D eigenvalue weighted by molar-refractivity contribution is -0.230. The van der Waals surface area contributed by atoms with Crippen molar-refractivity contribution in [2.45, 2.75) is 93.6 Å². The van der Waals surface area contributed by atoms with Gasteiger partial charge in [0.15, 0.2) is 0 Å². The molecule has 15 unspecified atom stereocenters. The fourth-order valence-corrected chi connectivity index (χ4v) is 9.65. The predicted molar refractivity (Wildman–Crippen MR) is 162 cm³/mol. The molecular weight excluding hydrogens is 562 g/mol. The van der Waals surface area contributed by atoms with Crippen LogP contribution in [-0.2, 0) is 9.53 Å². The normalized spacial score (nSPS) is 47.2. The lowest BCUT2D eigenvalue weighted by atomic mass is 9.62. The minimum atomic E-state index is -1.10. The average Bonchev–Trinajstić information content (AvgIpc) is 3.00. The third kappa shape index (κ3) is 4.55. The van der Waals surface area contributed by atoms with Crippen molar-refractivity contribution in [1.29, 1.82) is 0 Å². The summed E-state index contributed by atoms with van der Waals surface area (Å²) >= 11 is 0. The number of aromatic hydroxyl groups is 1. The fourth-order valence-electron chi connectivity index (χ4n) is 9.65. The number of hydrogen-bond acceptors (Lipinski definition) is 11. The zero-order valence-corrected chi connectivity index (χ0v) is 24.8. The Balaban J connectivity index is 1.09. The van der Waals surface area contributed by atoms with Crippen LogP contribution in [-0.4, -0.2) is 98.7 Å². The molecule has 0 radical (unpaired) electrons. The summed E-state index contributed by atoms with van der Waals surface area (Å²) in [6, 6.07) is 5.26. The molecular formula is C33H43N5O6. The topological polar surface area (TPSA) is 168 Å². The number of aliphatic hydroxyl groups excluding tert-OH is 3. The highest BCUT2D eigenvalue weighted by Gasteiger charge is 2.61. The van der Waals surface area contributed by atoms with Crippen LogP contribution in [0.1, 0.15) is 32.6 Å². The maximum atomic E-state index is 14.6. The molecule has 8 N–H and O–H groups in total. The highest BCUT2D eigenvalue weighted by molar-refractivity contribution is 5.87. The molecule has 1 aromatic heterocycles. The van der Waals surface area contributed by atoms with Crippen molar-refractivity contribution in [2.24, 2.45) is 29.6 Å². The Bertz CT molecular complexity index is 1570. The van der Waals surface area contributed by atoms with Crippen LogP contribution in [0.5, 0.6) is 5.75 Å². The quantitative estimate of drug-likeness (QED) is 0.189. The van der Waals surface area contributed by atoms with Crippen molar-refractivity contribution >= 4 is 29.3 Å². The smallest absolute Gasteiger partial charge is 0.146 e. The lowest BCUT2D eigenvalue weighted by Gasteiger charge is -2.59. The molecule has 44 heavy (non-hydrogen) atoms. The van der Waals surface area contributed by atoms with Crippen LogP contribution >= 0.6 is 0 Å². The monoisotopic (exact) mass is 605 g/mol. The van der Waals surface area contributed by atoms with Crippen molar-refractivity contribution in [3.05, 3.63) is 34.8 Å². The molecule has 8 rings (SSSR count). The number of carbonyl (C=O) groups is 1. The first-order valence-corrected chi connectivity index (χ1v) is 16.2. The number of Topliss-reactive ketones (excluding diaryl/α,β-unsaturated/α-hetero) is 1. The second-order valence-electron chi connectivity index (χ2n) is 14.2. The summed E-state index contributed by atoms with van der Waals surface area (Å²) in [6.07, 6.45) is 3.21. The minimum Gasteiger partial charge on any atom is -0.506 e. The summed E-state index contributed by atoms with van der Waals surface area (Å²) in [5, 5.41) is 59.0. The van der Waals surface area contributed by atoms with E-state index in [0.29, 0.717) is 29.1 Å². The van der Waals surface area contributed by atoms with Gasteiger partial charge in [-0.2, -0.15) is 0 Å². The number of nitrogens with zero attached hydrogens (tertiary/aromatic N) is 1. The average molecular weight is 606 g/mol. The number of β-amino-alcohol motifs (C(OH)–C–C–N with tert-alkyl or cyclic N) is 1. The summed E-state index contributed by atoms with van der Waals surface area (Å²) < 4.78 is 6.46. The van der Waals surface area contributed by atoms with Crippen LogP contribution in [0.3, 0.4) is 0 Å². The number of rotatable bonds is 1. The molecule has 0 amide bonds. The number of benzene rings is 1. The Morgan fingerprint density at radius 2 is 1.73 bits per heavy atom. The molecule has 2 aromatic rings. The number of ketones is 1. The summed E-state index contributed by atoms with van der Waals surface area (Å²) in [7, 11) is 0. The molecule has 11 heteroatoms. The highest BCUT2D eigenvalue weighted by Crippen LogP contribution is 2.46. The number of hydrogen-bond donors (Lipinski definition) is 8. The first kappa shape index (κ1) is 29.0. The molecule has 0 bridgehead atoms. The first-order valence-electron chi connectivity index (χ1n) is 16.2. The van der Waals surface area contributed by atoms with Gasteiger partial charge >= 0.3 is 0 Å². The summed E-state index contributed by atoms with van der Waals surface area (Å²) in [5.41, 5.74) is 0.682. The van der Waals surface area contributed by atoms with E-state index in [1.54, 1.807) is 6.07 Å². The zero-order chi connectivity index (χ0) is 30.4. The SMILES string of the molecule is C=c1/c(=C\C2NC(O)C3OC4C(O)NC5CC6CCC7CC(O)CNC7C6NC5C4C(=O)C3C2C)ccc2cc(O)cnc12. The van der Waals surface area contributed by atoms with Crippen LogP contribution in [0.25, 0.3) is 23.6 Å². The number of aromatic nitrogens is 1.